The molecule has 1 unspecified atom stereocenters. The number of furan rings is 1. The Hall–Kier alpha value is -2.95. The summed E-state index contributed by atoms with van der Waals surface area (Å²) in [4.78, 5) is 19.7. The van der Waals surface area contributed by atoms with Crippen molar-refractivity contribution in [2.75, 3.05) is 19.6 Å². The van der Waals surface area contributed by atoms with E-state index in [1.807, 2.05) is 52.4 Å². The van der Waals surface area contributed by atoms with Crippen molar-refractivity contribution in [1.82, 2.24) is 30.0 Å². The molecule has 0 saturated carbocycles. The van der Waals surface area contributed by atoms with E-state index in [1.54, 1.807) is 6.26 Å². The van der Waals surface area contributed by atoms with Crippen LogP contribution in [-0.2, 0) is 5.75 Å². The van der Waals surface area contributed by atoms with Crippen LogP contribution in [0.3, 0.4) is 0 Å². The lowest BCUT2D eigenvalue weighted by molar-refractivity contribution is 0.0932. The van der Waals surface area contributed by atoms with Crippen LogP contribution in [0, 0.1) is 0 Å². The molecule has 1 N–H and O–H groups in total. The number of rotatable bonds is 13. The lowest BCUT2D eigenvalue weighted by Crippen LogP contribution is -2.33. The van der Waals surface area contributed by atoms with Gasteiger partial charge in [-0.25, -0.2) is 4.98 Å². The molecule has 4 aromatic rings. The van der Waals surface area contributed by atoms with E-state index in [0.717, 1.165) is 48.3 Å². The van der Waals surface area contributed by atoms with Gasteiger partial charge in [-0.15, -0.1) is 21.5 Å². The van der Waals surface area contributed by atoms with Crippen LogP contribution in [0.4, 0.5) is 0 Å². The smallest absolute Gasteiger partial charge is 0.270 e. The Labute approximate surface area is 220 Å². The zero-order chi connectivity index (χ0) is 25.3. The second kappa shape index (κ2) is 12.8. The number of nitrogens with one attached hydrogen (secondary N) is 1. The molecule has 3 heterocycles. The summed E-state index contributed by atoms with van der Waals surface area (Å²) in [5, 5.41) is 15.3. The third-order valence-corrected chi connectivity index (χ3v) is 7.85. The standard InChI is InChI=1S/C26H32N6O2S2/c1-4-31(5-2)15-9-11-19(3)27-25(33)21-17-35-23(28-21)18-36-26-30-29-24(22-14-10-16-34-22)32(26)20-12-7-6-8-13-20/h6-8,10,12-14,16-17,19H,4-5,9,11,15,18H2,1-3H3,(H,27,33). The molecule has 1 aromatic carbocycles. The van der Waals surface area contributed by atoms with E-state index in [4.69, 9.17) is 4.42 Å². The zero-order valence-corrected chi connectivity index (χ0v) is 22.5. The first-order valence-electron chi connectivity index (χ1n) is 12.2. The highest BCUT2D eigenvalue weighted by atomic mass is 32.2. The molecule has 0 bridgehead atoms. The topological polar surface area (TPSA) is 89.1 Å². The van der Waals surface area contributed by atoms with E-state index in [1.165, 1.54) is 23.1 Å². The van der Waals surface area contributed by atoms with Crippen LogP contribution in [0.5, 0.6) is 0 Å². The molecule has 190 valence electrons. The van der Waals surface area contributed by atoms with Gasteiger partial charge in [0.05, 0.1) is 12.0 Å². The van der Waals surface area contributed by atoms with Crippen LogP contribution < -0.4 is 5.32 Å². The highest BCUT2D eigenvalue weighted by Crippen LogP contribution is 2.30. The molecule has 4 rings (SSSR count). The zero-order valence-electron chi connectivity index (χ0n) is 20.9. The maximum absolute atomic E-state index is 12.7. The first kappa shape index (κ1) is 26.1. The summed E-state index contributed by atoms with van der Waals surface area (Å²) in [6, 6.07) is 13.8. The van der Waals surface area contributed by atoms with Crippen molar-refractivity contribution in [2.45, 2.75) is 50.6 Å². The summed E-state index contributed by atoms with van der Waals surface area (Å²) >= 11 is 3.01. The summed E-state index contributed by atoms with van der Waals surface area (Å²) in [6.45, 7) is 9.58. The molecule has 0 radical (unpaired) electrons. The fourth-order valence-corrected chi connectivity index (χ4v) is 5.62. The predicted molar refractivity (Wildman–Crippen MR) is 145 cm³/mol. The van der Waals surface area contributed by atoms with E-state index >= 15 is 0 Å². The van der Waals surface area contributed by atoms with Crippen LogP contribution in [-0.4, -0.2) is 56.2 Å². The van der Waals surface area contributed by atoms with Crippen LogP contribution in [0.1, 0.15) is 49.1 Å². The third kappa shape index (κ3) is 6.63. The van der Waals surface area contributed by atoms with E-state index in [2.05, 4.69) is 46.2 Å². The lowest BCUT2D eigenvalue weighted by Gasteiger charge is -2.19. The second-order valence-electron chi connectivity index (χ2n) is 8.41. The van der Waals surface area contributed by atoms with Gasteiger partial charge in [0.15, 0.2) is 10.9 Å². The van der Waals surface area contributed by atoms with Gasteiger partial charge in [-0.2, -0.15) is 0 Å². The van der Waals surface area contributed by atoms with Gasteiger partial charge in [-0.05, 0) is 63.7 Å². The van der Waals surface area contributed by atoms with Gasteiger partial charge in [0.25, 0.3) is 5.91 Å². The van der Waals surface area contributed by atoms with Crippen molar-refractivity contribution in [3.05, 3.63) is 64.8 Å². The van der Waals surface area contributed by atoms with Crippen molar-refractivity contribution < 1.29 is 9.21 Å². The van der Waals surface area contributed by atoms with Crippen LogP contribution in [0.15, 0.2) is 63.7 Å². The number of carbonyl (C=O) groups is 1. The van der Waals surface area contributed by atoms with E-state index in [-0.39, 0.29) is 11.9 Å². The molecular formula is C26H32N6O2S2. The molecule has 1 amide bonds. The Morgan fingerprint density at radius 1 is 1.17 bits per heavy atom. The van der Waals surface area contributed by atoms with Crippen LogP contribution in [0.25, 0.3) is 17.3 Å². The van der Waals surface area contributed by atoms with E-state index < -0.39 is 0 Å². The summed E-state index contributed by atoms with van der Waals surface area (Å²) in [6.07, 6.45) is 3.63. The summed E-state index contributed by atoms with van der Waals surface area (Å²) in [7, 11) is 0. The minimum atomic E-state index is -0.120. The number of benzene rings is 1. The van der Waals surface area contributed by atoms with Crippen molar-refractivity contribution in [1.29, 1.82) is 0 Å². The maximum Gasteiger partial charge on any atom is 0.270 e. The number of thioether (sulfide) groups is 1. The largest absolute Gasteiger partial charge is 0.461 e. The Morgan fingerprint density at radius 3 is 2.69 bits per heavy atom. The van der Waals surface area contributed by atoms with Gasteiger partial charge < -0.3 is 14.6 Å². The predicted octanol–water partition coefficient (Wildman–Crippen LogP) is 5.52. The fourth-order valence-electron chi connectivity index (χ4n) is 3.88. The minimum absolute atomic E-state index is 0.108. The van der Waals surface area contributed by atoms with Gasteiger partial charge in [-0.3, -0.25) is 9.36 Å². The van der Waals surface area contributed by atoms with Crippen molar-refractivity contribution in [3.8, 4) is 17.3 Å². The number of thiazole rings is 1. The fraction of sp³-hybridized carbons (Fsp3) is 0.385. The highest BCUT2D eigenvalue weighted by molar-refractivity contribution is 7.98. The second-order valence-corrected chi connectivity index (χ2v) is 10.3. The van der Waals surface area contributed by atoms with Gasteiger partial charge in [0.1, 0.15) is 10.7 Å². The molecule has 0 saturated heterocycles. The lowest BCUT2D eigenvalue weighted by atomic mass is 10.1. The van der Waals surface area contributed by atoms with Gasteiger partial charge >= 0.3 is 0 Å². The highest BCUT2D eigenvalue weighted by Gasteiger charge is 2.19. The van der Waals surface area contributed by atoms with Crippen molar-refractivity contribution >= 4 is 29.0 Å². The molecule has 3 aromatic heterocycles. The van der Waals surface area contributed by atoms with E-state index in [0.29, 0.717) is 23.0 Å². The molecule has 0 aliphatic heterocycles. The van der Waals surface area contributed by atoms with Crippen LogP contribution in [0.2, 0.25) is 0 Å². The Kier molecular flexibility index (Phi) is 9.32. The van der Waals surface area contributed by atoms with Gasteiger partial charge in [-0.1, -0.05) is 43.8 Å². The molecule has 0 spiro atoms. The van der Waals surface area contributed by atoms with E-state index in [9.17, 15) is 4.79 Å². The summed E-state index contributed by atoms with van der Waals surface area (Å²) < 4.78 is 7.55. The summed E-state index contributed by atoms with van der Waals surface area (Å²) in [5.74, 6) is 1.76. The maximum atomic E-state index is 12.7. The normalized spacial score (nSPS) is 12.2. The minimum Gasteiger partial charge on any atom is -0.461 e. The molecule has 36 heavy (non-hydrogen) atoms. The molecule has 1 atom stereocenters. The Bertz CT molecular complexity index is 1220. The first-order valence-corrected chi connectivity index (χ1v) is 14.1. The van der Waals surface area contributed by atoms with Crippen molar-refractivity contribution in [3.63, 3.8) is 0 Å². The molecule has 0 fully saturated rings. The third-order valence-electron chi connectivity index (χ3n) is 5.88. The molecular weight excluding hydrogens is 492 g/mol. The number of hydrogen-bond acceptors (Lipinski definition) is 8. The monoisotopic (exact) mass is 524 g/mol. The number of aromatic nitrogens is 4. The van der Waals surface area contributed by atoms with Gasteiger partial charge in [0.2, 0.25) is 5.82 Å². The number of hydrogen-bond donors (Lipinski definition) is 1. The van der Waals surface area contributed by atoms with Crippen LogP contribution >= 0.6 is 23.1 Å². The quantitative estimate of drug-likeness (QED) is 0.231. The Morgan fingerprint density at radius 2 is 1.97 bits per heavy atom. The number of amides is 1. The Balaban J connectivity index is 1.37. The average molecular weight is 525 g/mol. The molecule has 10 heteroatoms. The number of nitrogens with zero attached hydrogens (tertiary/aromatic N) is 5. The number of para-hydroxylation sites is 1. The molecule has 8 nitrogen and oxygen atoms in total. The van der Waals surface area contributed by atoms with Crippen molar-refractivity contribution in [2.24, 2.45) is 0 Å². The number of carbonyl (C=O) groups excluding carboxylic acids is 1. The first-order chi connectivity index (χ1) is 17.6. The molecule has 0 aliphatic carbocycles. The summed E-state index contributed by atoms with van der Waals surface area (Å²) in [5.41, 5.74) is 1.41. The SMILES string of the molecule is CCN(CC)CCCC(C)NC(=O)c1csc(CSc2nnc(-c3ccco3)n2-c2ccccc2)n1. The average Bonchev–Trinajstić information content (AvgIpc) is 3.66. The molecule has 0 aliphatic rings. The van der Waals surface area contributed by atoms with Gasteiger partial charge in [0, 0.05) is 17.1 Å².